The van der Waals surface area contributed by atoms with E-state index in [4.69, 9.17) is 0 Å². The van der Waals surface area contributed by atoms with Crippen molar-refractivity contribution in [2.24, 2.45) is 0 Å². The van der Waals surface area contributed by atoms with Crippen LogP contribution in [0.2, 0.25) is 0 Å². The third-order valence-corrected chi connectivity index (χ3v) is 2.43. The standard InChI is InChI=1S/C13H12FNO/c1-13(14,16)12-4-2-10(3-5-12)11-6-8-15-9-7-11/h2-9,16H,1H3. The smallest absolute Gasteiger partial charge is 0.230 e. The van der Waals surface area contributed by atoms with Gasteiger partial charge in [0, 0.05) is 18.0 Å². The number of rotatable bonds is 2. The molecule has 82 valence electrons. The summed E-state index contributed by atoms with van der Waals surface area (Å²) in [4.78, 5) is 3.93. The van der Waals surface area contributed by atoms with E-state index in [2.05, 4.69) is 4.98 Å². The fourth-order valence-electron chi connectivity index (χ4n) is 1.51. The molecule has 2 nitrogen and oxygen atoms in total. The molecule has 0 amide bonds. The lowest BCUT2D eigenvalue weighted by Gasteiger charge is -2.13. The van der Waals surface area contributed by atoms with Crippen molar-refractivity contribution >= 4 is 0 Å². The number of benzene rings is 1. The van der Waals surface area contributed by atoms with Crippen molar-refractivity contribution in [2.45, 2.75) is 12.8 Å². The molecule has 2 aromatic rings. The van der Waals surface area contributed by atoms with Gasteiger partial charge in [-0.2, -0.15) is 0 Å². The summed E-state index contributed by atoms with van der Waals surface area (Å²) in [5.41, 5.74) is 2.24. The van der Waals surface area contributed by atoms with E-state index in [0.29, 0.717) is 0 Å². The first-order valence-electron chi connectivity index (χ1n) is 4.99. The first kappa shape index (κ1) is 10.8. The first-order chi connectivity index (χ1) is 7.57. The molecule has 1 unspecified atom stereocenters. The topological polar surface area (TPSA) is 33.1 Å². The SMILES string of the molecule is CC(O)(F)c1ccc(-c2ccncc2)cc1. The van der Waals surface area contributed by atoms with Gasteiger partial charge in [-0.15, -0.1) is 0 Å². The van der Waals surface area contributed by atoms with Gasteiger partial charge in [0.1, 0.15) is 0 Å². The molecular weight excluding hydrogens is 205 g/mol. The Labute approximate surface area is 93.4 Å². The summed E-state index contributed by atoms with van der Waals surface area (Å²) in [6, 6.07) is 10.5. The van der Waals surface area contributed by atoms with Gasteiger partial charge in [0.2, 0.25) is 5.85 Å². The average molecular weight is 217 g/mol. The van der Waals surface area contributed by atoms with Gasteiger partial charge in [-0.1, -0.05) is 24.3 Å². The zero-order valence-corrected chi connectivity index (χ0v) is 8.89. The van der Waals surface area contributed by atoms with E-state index in [1.165, 1.54) is 0 Å². The van der Waals surface area contributed by atoms with Gasteiger partial charge in [0.15, 0.2) is 0 Å². The molecule has 2 rings (SSSR count). The Bertz CT molecular complexity index is 460. The summed E-state index contributed by atoms with van der Waals surface area (Å²) in [7, 11) is 0. The van der Waals surface area contributed by atoms with E-state index in [-0.39, 0.29) is 5.56 Å². The largest absolute Gasteiger partial charge is 0.358 e. The second-order valence-electron chi connectivity index (χ2n) is 3.77. The molecule has 0 radical (unpaired) electrons. The quantitative estimate of drug-likeness (QED) is 0.839. The molecule has 1 aromatic heterocycles. The zero-order valence-electron chi connectivity index (χ0n) is 8.89. The number of alkyl halides is 1. The summed E-state index contributed by atoms with van der Waals surface area (Å²) >= 11 is 0. The van der Waals surface area contributed by atoms with Gasteiger partial charge in [0.25, 0.3) is 0 Å². The van der Waals surface area contributed by atoms with Gasteiger partial charge in [-0.3, -0.25) is 4.98 Å². The minimum atomic E-state index is -2.28. The Morgan fingerprint density at radius 2 is 1.50 bits per heavy atom. The number of nitrogens with zero attached hydrogens (tertiary/aromatic N) is 1. The Balaban J connectivity index is 2.34. The molecule has 0 saturated heterocycles. The molecule has 1 aromatic carbocycles. The first-order valence-corrected chi connectivity index (χ1v) is 4.99. The fraction of sp³-hybridized carbons (Fsp3) is 0.154. The van der Waals surface area contributed by atoms with E-state index in [1.54, 1.807) is 36.7 Å². The monoisotopic (exact) mass is 217 g/mol. The number of aromatic nitrogens is 1. The van der Waals surface area contributed by atoms with Crippen molar-refractivity contribution in [1.82, 2.24) is 4.98 Å². The van der Waals surface area contributed by atoms with E-state index in [1.807, 2.05) is 12.1 Å². The van der Waals surface area contributed by atoms with E-state index in [9.17, 15) is 9.50 Å². The number of aliphatic hydroxyl groups is 1. The van der Waals surface area contributed by atoms with Gasteiger partial charge in [0.05, 0.1) is 0 Å². The molecule has 0 spiro atoms. The van der Waals surface area contributed by atoms with Crippen molar-refractivity contribution in [2.75, 3.05) is 0 Å². The lowest BCUT2D eigenvalue weighted by atomic mass is 10.0. The van der Waals surface area contributed by atoms with Crippen LogP contribution in [0.15, 0.2) is 48.8 Å². The molecular formula is C13H12FNO. The van der Waals surface area contributed by atoms with Crippen LogP contribution in [0.1, 0.15) is 12.5 Å². The van der Waals surface area contributed by atoms with Crippen molar-refractivity contribution in [3.8, 4) is 11.1 Å². The van der Waals surface area contributed by atoms with Crippen molar-refractivity contribution in [1.29, 1.82) is 0 Å². The molecule has 3 heteroatoms. The number of hydrogen-bond donors (Lipinski definition) is 1. The second kappa shape index (κ2) is 4.02. The summed E-state index contributed by atoms with van der Waals surface area (Å²) in [5.74, 6) is -2.28. The highest BCUT2D eigenvalue weighted by Crippen LogP contribution is 2.25. The highest BCUT2D eigenvalue weighted by Gasteiger charge is 2.20. The van der Waals surface area contributed by atoms with Gasteiger partial charge < -0.3 is 5.11 Å². The molecule has 1 N–H and O–H groups in total. The second-order valence-corrected chi connectivity index (χ2v) is 3.77. The summed E-state index contributed by atoms with van der Waals surface area (Å²) in [6.45, 7) is 1.12. The molecule has 1 heterocycles. The van der Waals surface area contributed by atoms with Crippen molar-refractivity contribution in [3.05, 3.63) is 54.4 Å². The average Bonchev–Trinajstić information content (AvgIpc) is 2.29. The maximum Gasteiger partial charge on any atom is 0.230 e. The van der Waals surface area contributed by atoms with Crippen LogP contribution in [-0.4, -0.2) is 10.1 Å². The van der Waals surface area contributed by atoms with E-state index >= 15 is 0 Å². The predicted molar refractivity (Wildman–Crippen MR) is 60.4 cm³/mol. The maximum atomic E-state index is 13.2. The van der Waals surface area contributed by atoms with E-state index < -0.39 is 5.85 Å². The molecule has 0 aliphatic carbocycles. The van der Waals surface area contributed by atoms with Crippen LogP contribution >= 0.6 is 0 Å². The van der Waals surface area contributed by atoms with Crippen LogP contribution in [0.4, 0.5) is 4.39 Å². The van der Waals surface area contributed by atoms with Crippen molar-refractivity contribution in [3.63, 3.8) is 0 Å². The number of hydrogen-bond acceptors (Lipinski definition) is 2. The summed E-state index contributed by atoms with van der Waals surface area (Å²) < 4.78 is 13.2. The molecule has 0 fully saturated rings. The highest BCUT2D eigenvalue weighted by molar-refractivity contribution is 5.62. The minimum absolute atomic E-state index is 0.255. The normalized spacial score (nSPS) is 14.4. The zero-order chi connectivity index (χ0) is 11.6. The molecule has 0 aliphatic heterocycles. The molecule has 1 atom stereocenters. The van der Waals surface area contributed by atoms with Crippen LogP contribution in [0.5, 0.6) is 0 Å². The summed E-state index contributed by atoms with van der Waals surface area (Å²) in [5, 5.41) is 9.17. The molecule has 0 saturated carbocycles. The molecule has 0 aliphatic rings. The van der Waals surface area contributed by atoms with Gasteiger partial charge in [-0.25, -0.2) is 4.39 Å². The van der Waals surface area contributed by atoms with Crippen LogP contribution in [0.25, 0.3) is 11.1 Å². The Morgan fingerprint density at radius 3 is 2.00 bits per heavy atom. The van der Waals surface area contributed by atoms with Gasteiger partial charge in [-0.05, 0) is 30.2 Å². The lowest BCUT2D eigenvalue weighted by molar-refractivity contribution is -0.0768. The number of pyridine rings is 1. The van der Waals surface area contributed by atoms with Crippen LogP contribution in [0.3, 0.4) is 0 Å². The van der Waals surface area contributed by atoms with Gasteiger partial charge >= 0.3 is 0 Å². The minimum Gasteiger partial charge on any atom is -0.358 e. The third kappa shape index (κ3) is 2.25. The predicted octanol–water partition coefficient (Wildman–Crippen LogP) is 2.88. The number of halogens is 1. The van der Waals surface area contributed by atoms with Crippen LogP contribution in [0, 0.1) is 0 Å². The van der Waals surface area contributed by atoms with Crippen LogP contribution < -0.4 is 0 Å². The lowest BCUT2D eigenvalue weighted by Crippen LogP contribution is -2.12. The Morgan fingerprint density at radius 1 is 1.00 bits per heavy atom. The third-order valence-electron chi connectivity index (χ3n) is 2.43. The molecule has 16 heavy (non-hydrogen) atoms. The Kier molecular flexibility index (Phi) is 2.71. The Hall–Kier alpha value is -1.74. The fourth-order valence-corrected chi connectivity index (χ4v) is 1.51. The van der Waals surface area contributed by atoms with Crippen LogP contribution in [-0.2, 0) is 5.85 Å². The summed E-state index contributed by atoms with van der Waals surface area (Å²) in [6.07, 6.45) is 3.41. The molecule has 0 bridgehead atoms. The maximum absolute atomic E-state index is 13.2. The van der Waals surface area contributed by atoms with Crippen molar-refractivity contribution < 1.29 is 9.50 Å². The highest BCUT2D eigenvalue weighted by atomic mass is 19.2. The van der Waals surface area contributed by atoms with E-state index in [0.717, 1.165) is 18.1 Å².